The highest BCUT2D eigenvalue weighted by Gasteiger charge is 2.22. The number of likely N-dealkylation sites (tertiary alicyclic amines) is 1. The number of hydrogen-bond donors (Lipinski definition) is 0. The summed E-state index contributed by atoms with van der Waals surface area (Å²) in [4.78, 5) is 32.1. The molecule has 3 aromatic rings. The molecule has 7 heteroatoms. The molecule has 1 aliphatic heterocycles. The molecule has 4 rings (SSSR count). The van der Waals surface area contributed by atoms with E-state index in [-0.39, 0.29) is 11.5 Å². The van der Waals surface area contributed by atoms with Gasteiger partial charge in [0.1, 0.15) is 10.6 Å². The second kappa shape index (κ2) is 10.1. The Morgan fingerprint density at radius 1 is 1.19 bits per heavy atom. The number of aryl methyl sites for hydroxylation is 2. The van der Waals surface area contributed by atoms with Crippen LogP contribution in [0.5, 0.6) is 5.75 Å². The number of hydrogen-bond acceptors (Lipinski definition) is 5. The van der Waals surface area contributed by atoms with Gasteiger partial charge in [0, 0.05) is 26.1 Å². The van der Waals surface area contributed by atoms with Crippen molar-refractivity contribution in [3.63, 3.8) is 0 Å². The normalized spacial score (nSPS) is 14.8. The first-order chi connectivity index (χ1) is 15.1. The molecule has 3 heterocycles. The molecule has 1 saturated heterocycles. The molecule has 31 heavy (non-hydrogen) atoms. The molecular formula is C24H29N3O3S. The number of carbonyl (C=O) groups is 1. The lowest BCUT2D eigenvalue weighted by Gasteiger charge is -2.32. The van der Waals surface area contributed by atoms with Crippen LogP contribution in [0.3, 0.4) is 0 Å². The van der Waals surface area contributed by atoms with Crippen molar-refractivity contribution in [1.29, 1.82) is 0 Å². The van der Waals surface area contributed by atoms with Gasteiger partial charge in [0.15, 0.2) is 0 Å². The molecule has 0 N–H and O–H groups in total. The second-order valence-electron chi connectivity index (χ2n) is 8.07. The first-order valence-corrected chi connectivity index (χ1v) is 11.9. The Kier molecular flexibility index (Phi) is 7.02. The molecule has 0 spiro atoms. The van der Waals surface area contributed by atoms with E-state index in [1.807, 2.05) is 29.3 Å². The molecule has 0 bridgehead atoms. The van der Waals surface area contributed by atoms with Crippen LogP contribution in [-0.2, 0) is 17.8 Å². The van der Waals surface area contributed by atoms with Crippen LogP contribution in [0.1, 0.15) is 38.2 Å². The monoisotopic (exact) mass is 439 g/mol. The van der Waals surface area contributed by atoms with Crippen LogP contribution in [0.2, 0.25) is 0 Å². The molecule has 0 atom stereocenters. The zero-order valence-electron chi connectivity index (χ0n) is 18.0. The fourth-order valence-electron chi connectivity index (χ4n) is 4.19. The highest BCUT2D eigenvalue weighted by molar-refractivity contribution is 7.16. The number of carbonyl (C=O) groups excluding carboxylic acids is 1. The summed E-state index contributed by atoms with van der Waals surface area (Å²) in [6.45, 7) is 4.68. The number of fused-ring (bicyclic) bond motifs is 1. The molecule has 1 amide bonds. The fourth-order valence-corrected chi connectivity index (χ4v) is 4.91. The van der Waals surface area contributed by atoms with Gasteiger partial charge in [-0.15, -0.1) is 11.3 Å². The summed E-state index contributed by atoms with van der Waals surface area (Å²) in [5.41, 5.74) is 1.27. The predicted octanol–water partition coefficient (Wildman–Crippen LogP) is 4.12. The molecule has 0 aliphatic carbocycles. The lowest BCUT2D eigenvalue weighted by atomic mass is 9.90. The van der Waals surface area contributed by atoms with Gasteiger partial charge in [-0.05, 0) is 67.7 Å². The van der Waals surface area contributed by atoms with Gasteiger partial charge in [-0.1, -0.05) is 12.1 Å². The average Bonchev–Trinajstić information content (AvgIpc) is 3.28. The van der Waals surface area contributed by atoms with Gasteiger partial charge in [-0.25, -0.2) is 4.98 Å². The number of benzene rings is 1. The number of ether oxygens (including phenoxy) is 1. The summed E-state index contributed by atoms with van der Waals surface area (Å²) in [7, 11) is 0. The van der Waals surface area contributed by atoms with Crippen molar-refractivity contribution in [2.45, 2.75) is 45.6 Å². The number of piperidine rings is 1. The van der Waals surface area contributed by atoms with E-state index >= 15 is 0 Å². The standard InChI is InChI=1S/C24H29N3O3S/c1-2-30-20-7-5-18(6-8-20)3-4-19-9-13-26(14-10-19)22(28)11-15-27-17-25-23-21(24(27)29)12-16-31-23/h5-8,12,16-17,19H,2-4,9-11,13-15H2,1H3. The smallest absolute Gasteiger partial charge is 0.262 e. The molecule has 1 fully saturated rings. The van der Waals surface area contributed by atoms with Crippen molar-refractivity contribution >= 4 is 27.5 Å². The summed E-state index contributed by atoms with van der Waals surface area (Å²) in [6, 6.07) is 10.2. The zero-order valence-corrected chi connectivity index (χ0v) is 18.8. The number of aromatic nitrogens is 2. The summed E-state index contributed by atoms with van der Waals surface area (Å²) in [5, 5.41) is 2.50. The Morgan fingerprint density at radius 3 is 2.71 bits per heavy atom. The highest BCUT2D eigenvalue weighted by Crippen LogP contribution is 2.24. The third kappa shape index (κ3) is 5.34. The summed E-state index contributed by atoms with van der Waals surface area (Å²) in [6.07, 6.45) is 6.20. The SMILES string of the molecule is CCOc1ccc(CCC2CCN(C(=O)CCn3cnc4sccc4c3=O)CC2)cc1. The van der Waals surface area contributed by atoms with Crippen molar-refractivity contribution in [2.75, 3.05) is 19.7 Å². The van der Waals surface area contributed by atoms with E-state index in [2.05, 4.69) is 17.1 Å². The van der Waals surface area contributed by atoms with Crippen molar-refractivity contribution < 1.29 is 9.53 Å². The number of nitrogens with zero attached hydrogens (tertiary/aromatic N) is 3. The van der Waals surface area contributed by atoms with Gasteiger partial charge in [0.25, 0.3) is 5.56 Å². The molecule has 1 aliphatic rings. The Bertz CT molecular complexity index is 1070. The van der Waals surface area contributed by atoms with E-state index < -0.39 is 0 Å². The van der Waals surface area contributed by atoms with Gasteiger partial charge in [-0.2, -0.15) is 0 Å². The van der Waals surface area contributed by atoms with Gasteiger partial charge in [-0.3, -0.25) is 14.2 Å². The van der Waals surface area contributed by atoms with Crippen molar-refractivity contribution in [3.05, 3.63) is 58.0 Å². The number of thiophene rings is 1. The minimum absolute atomic E-state index is 0.0629. The Hall–Kier alpha value is -2.67. The van der Waals surface area contributed by atoms with Gasteiger partial charge in [0.2, 0.25) is 5.91 Å². The van der Waals surface area contributed by atoms with E-state index in [1.165, 1.54) is 16.9 Å². The van der Waals surface area contributed by atoms with Crippen LogP contribution in [0.25, 0.3) is 10.2 Å². The van der Waals surface area contributed by atoms with Gasteiger partial charge < -0.3 is 9.64 Å². The average molecular weight is 440 g/mol. The minimum atomic E-state index is -0.0629. The third-order valence-electron chi connectivity index (χ3n) is 6.06. The third-order valence-corrected chi connectivity index (χ3v) is 6.88. The van der Waals surface area contributed by atoms with Gasteiger partial charge >= 0.3 is 0 Å². The molecule has 2 aromatic heterocycles. The Labute approximate surface area is 186 Å². The van der Waals surface area contributed by atoms with Crippen molar-refractivity contribution in [3.8, 4) is 5.75 Å². The first-order valence-electron chi connectivity index (χ1n) is 11.1. The van der Waals surface area contributed by atoms with Crippen LogP contribution >= 0.6 is 11.3 Å². The fraction of sp³-hybridized carbons (Fsp3) is 0.458. The molecule has 0 radical (unpaired) electrons. The summed E-state index contributed by atoms with van der Waals surface area (Å²) < 4.78 is 7.05. The van der Waals surface area contributed by atoms with Crippen LogP contribution in [-0.4, -0.2) is 40.1 Å². The van der Waals surface area contributed by atoms with Crippen molar-refractivity contribution in [1.82, 2.24) is 14.5 Å². The largest absolute Gasteiger partial charge is 0.494 e. The lowest BCUT2D eigenvalue weighted by molar-refractivity contribution is -0.132. The van der Waals surface area contributed by atoms with Gasteiger partial charge in [0.05, 0.1) is 18.3 Å². The molecular weight excluding hydrogens is 410 g/mol. The maximum absolute atomic E-state index is 12.6. The maximum Gasteiger partial charge on any atom is 0.262 e. The number of rotatable bonds is 8. The maximum atomic E-state index is 12.6. The zero-order chi connectivity index (χ0) is 21.6. The predicted molar refractivity (Wildman–Crippen MR) is 124 cm³/mol. The quantitative estimate of drug-likeness (QED) is 0.530. The Balaban J connectivity index is 1.21. The molecule has 1 aromatic carbocycles. The number of amides is 1. The van der Waals surface area contributed by atoms with Crippen LogP contribution < -0.4 is 10.3 Å². The van der Waals surface area contributed by atoms with Crippen LogP contribution in [0, 0.1) is 5.92 Å². The second-order valence-corrected chi connectivity index (χ2v) is 8.97. The van der Waals surface area contributed by atoms with Crippen LogP contribution in [0.4, 0.5) is 0 Å². The highest BCUT2D eigenvalue weighted by atomic mass is 32.1. The lowest BCUT2D eigenvalue weighted by Crippen LogP contribution is -2.39. The van der Waals surface area contributed by atoms with E-state index in [1.54, 1.807) is 17.0 Å². The van der Waals surface area contributed by atoms with E-state index in [9.17, 15) is 9.59 Å². The van der Waals surface area contributed by atoms with E-state index in [0.29, 0.717) is 30.9 Å². The minimum Gasteiger partial charge on any atom is -0.494 e. The summed E-state index contributed by atoms with van der Waals surface area (Å²) in [5.74, 6) is 1.71. The molecule has 0 saturated carbocycles. The molecule has 0 unspecified atom stereocenters. The topological polar surface area (TPSA) is 64.4 Å². The molecule has 6 nitrogen and oxygen atoms in total. The first kappa shape index (κ1) is 21.6. The van der Waals surface area contributed by atoms with E-state index in [0.717, 1.165) is 49.4 Å². The summed E-state index contributed by atoms with van der Waals surface area (Å²) >= 11 is 1.46. The van der Waals surface area contributed by atoms with Crippen LogP contribution in [0.15, 0.2) is 46.8 Å². The van der Waals surface area contributed by atoms with Crippen molar-refractivity contribution in [2.24, 2.45) is 5.92 Å². The molecule has 164 valence electrons. The van der Waals surface area contributed by atoms with E-state index in [4.69, 9.17) is 4.74 Å². The Morgan fingerprint density at radius 2 is 1.97 bits per heavy atom.